The molecule has 5 rings (SSSR count). The quantitative estimate of drug-likeness (QED) is 0.490. The zero-order valence-corrected chi connectivity index (χ0v) is 17.9. The molecule has 1 fully saturated rings. The number of amides is 2. The number of carbonyl (C=O) groups excluding carboxylic acids is 2. The SMILES string of the molecule is Cc1ccc(Cn2cc(NC(=O)C3CCC(=O)N3Cc3c[nH]c4ccccc34)cn2)cc1. The van der Waals surface area contributed by atoms with Gasteiger partial charge in [-0.3, -0.25) is 14.3 Å². The summed E-state index contributed by atoms with van der Waals surface area (Å²) in [5.74, 6) is -0.170. The number of hydrogen-bond donors (Lipinski definition) is 2. The minimum absolute atomic E-state index is 0.00509. The molecule has 1 aliphatic rings. The number of anilines is 1. The van der Waals surface area contributed by atoms with Crippen LogP contribution in [0.3, 0.4) is 0 Å². The number of H-pyrrole nitrogens is 1. The van der Waals surface area contributed by atoms with Gasteiger partial charge >= 0.3 is 0 Å². The number of carbonyl (C=O) groups is 2. The van der Waals surface area contributed by atoms with Crippen LogP contribution in [0.5, 0.6) is 0 Å². The van der Waals surface area contributed by atoms with Gasteiger partial charge in [-0.1, -0.05) is 48.0 Å². The van der Waals surface area contributed by atoms with Crippen LogP contribution in [0.15, 0.2) is 67.1 Å². The number of benzene rings is 2. The van der Waals surface area contributed by atoms with Crippen molar-refractivity contribution in [2.24, 2.45) is 0 Å². The molecule has 32 heavy (non-hydrogen) atoms. The number of rotatable bonds is 6. The molecule has 1 atom stereocenters. The van der Waals surface area contributed by atoms with Gasteiger partial charge in [0.2, 0.25) is 11.8 Å². The highest BCUT2D eigenvalue weighted by Gasteiger charge is 2.36. The largest absolute Gasteiger partial charge is 0.361 e. The first-order valence-electron chi connectivity index (χ1n) is 10.8. The van der Waals surface area contributed by atoms with Gasteiger partial charge in [-0.2, -0.15) is 5.10 Å². The second-order valence-electron chi connectivity index (χ2n) is 8.34. The lowest BCUT2D eigenvalue weighted by Gasteiger charge is -2.23. The van der Waals surface area contributed by atoms with Crippen LogP contribution in [0.2, 0.25) is 0 Å². The Labute approximate surface area is 186 Å². The predicted molar refractivity (Wildman–Crippen MR) is 123 cm³/mol. The van der Waals surface area contributed by atoms with Crippen LogP contribution in [0.25, 0.3) is 10.9 Å². The molecular formula is C25H25N5O2. The summed E-state index contributed by atoms with van der Waals surface area (Å²) in [6.07, 6.45) is 6.28. The van der Waals surface area contributed by atoms with Crippen LogP contribution in [-0.2, 0) is 22.7 Å². The maximum Gasteiger partial charge on any atom is 0.247 e. The van der Waals surface area contributed by atoms with E-state index in [1.807, 2.05) is 36.7 Å². The molecule has 1 unspecified atom stereocenters. The highest BCUT2D eigenvalue weighted by molar-refractivity contribution is 5.99. The number of aryl methyl sites for hydroxylation is 1. The number of para-hydroxylation sites is 1. The van der Waals surface area contributed by atoms with Crippen LogP contribution >= 0.6 is 0 Å². The fraction of sp³-hybridized carbons (Fsp3) is 0.240. The lowest BCUT2D eigenvalue weighted by molar-refractivity contribution is -0.133. The number of fused-ring (bicyclic) bond motifs is 1. The molecule has 1 aliphatic heterocycles. The van der Waals surface area contributed by atoms with Crippen molar-refractivity contribution in [3.63, 3.8) is 0 Å². The Balaban J connectivity index is 1.27. The van der Waals surface area contributed by atoms with Crippen LogP contribution in [0.4, 0.5) is 5.69 Å². The Hall–Kier alpha value is -3.87. The fourth-order valence-corrected chi connectivity index (χ4v) is 4.27. The zero-order chi connectivity index (χ0) is 22.1. The van der Waals surface area contributed by atoms with Crippen molar-refractivity contribution in [3.8, 4) is 0 Å². The normalized spacial score (nSPS) is 16.1. The van der Waals surface area contributed by atoms with E-state index in [1.54, 1.807) is 15.8 Å². The highest BCUT2D eigenvalue weighted by Crippen LogP contribution is 2.26. The van der Waals surface area contributed by atoms with E-state index in [2.05, 4.69) is 46.6 Å². The third kappa shape index (κ3) is 4.01. The van der Waals surface area contributed by atoms with Gasteiger partial charge in [-0.15, -0.1) is 0 Å². The standard InChI is InChI=1S/C25H25N5O2/c1-17-6-8-18(9-7-17)14-29-16-20(13-27-29)28-25(32)23-10-11-24(31)30(23)15-19-12-26-22-5-3-2-4-21(19)22/h2-9,12-13,16,23,26H,10-11,14-15H2,1H3,(H,28,32). The fourth-order valence-electron chi connectivity index (χ4n) is 4.27. The first kappa shape index (κ1) is 20.1. The van der Waals surface area contributed by atoms with E-state index >= 15 is 0 Å². The molecule has 162 valence electrons. The van der Waals surface area contributed by atoms with Gasteiger partial charge in [0.05, 0.1) is 18.4 Å². The number of hydrogen-bond acceptors (Lipinski definition) is 3. The minimum Gasteiger partial charge on any atom is -0.361 e. The number of aromatic amines is 1. The van der Waals surface area contributed by atoms with Crippen LogP contribution in [0.1, 0.15) is 29.5 Å². The minimum atomic E-state index is -0.489. The van der Waals surface area contributed by atoms with Crippen LogP contribution in [-0.4, -0.2) is 37.5 Å². The molecule has 0 radical (unpaired) electrons. The molecule has 3 heterocycles. The molecule has 0 spiro atoms. The van der Waals surface area contributed by atoms with E-state index in [-0.39, 0.29) is 11.8 Å². The zero-order valence-electron chi connectivity index (χ0n) is 17.9. The summed E-state index contributed by atoms with van der Waals surface area (Å²) in [5, 5.41) is 8.38. The Morgan fingerprint density at radius 1 is 1.16 bits per heavy atom. The summed E-state index contributed by atoms with van der Waals surface area (Å²) >= 11 is 0. The molecule has 2 aromatic heterocycles. The Bertz CT molecular complexity index is 1270. The van der Waals surface area contributed by atoms with E-state index in [4.69, 9.17) is 0 Å². The van der Waals surface area contributed by atoms with Crippen molar-refractivity contribution in [2.75, 3.05) is 5.32 Å². The molecule has 1 saturated heterocycles. The molecule has 2 amide bonds. The summed E-state index contributed by atoms with van der Waals surface area (Å²) < 4.78 is 1.80. The molecule has 2 aromatic carbocycles. The van der Waals surface area contributed by atoms with Gasteiger partial charge in [-0.05, 0) is 30.5 Å². The summed E-state index contributed by atoms with van der Waals surface area (Å²) in [5.41, 5.74) is 5.03. The number of nitrogens with zero attached hydrogens (tertiary/aromatic N) is 3. The summed E-state index contributed by atoms with van der Waals surface area (Å²) in [6, 6.07) is 15.8. The van der Waals surface area contributed by atoms with E-state index < -0.39 is 6.04 Å². The van der Waals surface area contributed by atoms with Crippen molar-refractivity contribution < 1.29 is 9.59 Å². The van der Waals surface area contributed by atoms with Crippen LogP contribution < -0.4 is 5.32 Å². The molecule has 4 aromatic rings. The van der Waals surface area contributed by atoms with Crippen molar-refractivity contribution in [1.82, 2.24) is 19.7 Å². The average molecular weight is 428 g/mol. The smallest absolute Gasteiger partial charge is 0.247 e. The summed E-state index contributed by atoms with van der Waals surface area (Å²) in [7, 11) is 0. The monoisotopic (exact) mass is 427 g/mol. The Morgan fingerprint density at radius 2 is 1.97 bits per heavy atom. The number of aromatic nitrogens is 3. The van der Waals surface area contributed by atoms with E-state index in [9.17, 15) is 9.59 Å². The third-order valence-electron chi connectivity index (χ3n) is 6.01. The van der Waals surface area contributed by atoms with Gasteiger partial charge in [-0.25, -0.2) is 0 Å². The maximum atomic E-state index is 13.0. The Kier molecular flexibility index (Phi) is 5.23. The first-order chi connectivity index (χ1) is 15.6. The van der Waals surface area contributed by atoms with Gasteiger partial charge in [0.25, 0.3) is 0 Å². The second kappa shape index (κ2) is 8.34. The van der Waals surface area contributed by atoms with Crippen molar-refractivity contribution in [3.05, 3.63) is 83.8 Å². The third-order valence-corrected chi connectivity index (χ3v) is 6.01. The van der Waals surface area contributed by atoms with E-state index in [0.717, 1.165) is 22.0 Å². The highest BCUT2D eigenvalue weighted by atomic mass is 16.2. The van der Waals surface area contributed by atoms with Crippen molar-refractivity contribution in [2.45, 2.75) is 38.9 Å². The molecular weight excluding hydrogens is 402 g/mol. The summed E-state index contributed by atoms with van der Waals surface area (Å²) in [6.45, 7) is 3.10. The molecule has 0 aliphatic carbocycles. The molecule has 0 bridgehead atoms. The molecule has 2 N–H and O–H groups in total. The lowest BCUT2D eigenvalue weighted by atomic mass is 10.1. The predicted octanol–water partition coefficient (Wildman–Crippen LogP) is 3.85. The van der Waals surface area contributed by atoms with Gasteiger partial charge < -0.3 is 15.2 Å². The Morgan fingerprint density at radius 3 is 2.81 bits per heavy atom. The molecule has 7 nitrogen and oxygen atoms in total. The number of nitrogens with one attached hydrogen (secondary N) is 2. The summed E-state index contributed by atoms with van der Waals surface area (Å²) in [4.78, 5) is 30.5. The molecule has 7 heteroatoms. The van der Waals surface area contributed by atoms with Gasteiger partial charge in [0.1, 0.15) is 6.04 Å². The van der Waals surface area contributed by atoms with Crippen molar-refractivity contribution in [1.29, 1.82) is 0 Å². The van der Waals surface area contributed by atoms with Gasteiger partial charge in [0, 0.05) is 36.3 Å². The van der Waals surface area contributed by atoms with Gasteiger partial charge in [0.15, 0.2) is 0 Å². The molecule has 0 saturated carbocycles. The second-order valence-corrected chi connectivity index (χ2v) is 8.34. The first-order valence-corrected chi connectivity index (χ1v) is 10.8. The maximum absolute atomic E-state index is 13.0. The van der Waals surface area contributed by atoms with Crippen molar-refractivity contribution >= 4 is 28.4 Å². The van der Waals surface area contributed by atoms with Crippen LogP contribution in [0, 0.1) is 6.92 Å². The lowest BCUT2D eigenvalue weighted by Crippen LogP contribution is -2.41. The van der Waals surface area contributed by atoms with E-state index in [1.165, 1.54) is 5.56 Å². The van der Waals surface area contributed by atoms with E-state index in [0.29, 0.717) is 31.6 Å². The average Bonchev–Trinajstić information content (AvgIpc) is 3.50. The topological polar surface area (TPSA) is 83.0 Å². The number of likely N-dealkylation sites (tertiary alicyclic amines) is 1.